The predicted molar refractivity (Wildman–Crippen MR) is 89.0 cm³/mol. The van der Waals surface area contributed by atoms with Crippen LogP contribution in [-0.2, 0) is 9.59 Å². The maximum absolute atomic E-state index is 12.1. The van der Waals surface area contributed by atoms with E-state index in [9.17, 15) is 14.7 Å². The average Bonchev–Trinajstić information content (AvgIpc) is 2.57. The highest BCUT2D eigenvalue weighted by molar-refractivity contribution is 6.40. The summed E-state index contributed by atoms with van der Waals surface area (Å²) in [5.41, 5.74) is 0.604. The van der Waals surface area contributed by atoms with Gasteiger partial charge in [-0.15, -0.1) is 0 Å². The lowest BCUT2D eigenvalue weighted by Crippen LogP contribution is -2.48. The van der Waals surface area contributed by atoms with Crippen LogP contribution in [0.2, 0.25) is 0 Å². The highest BCUT2D eigenvalue weighted by Crippen LogP contribution is 2.23. The normalized spacial score (nSPS) is 20.9. The maximum Gasteiger partial charge on any atom is 0.313 e. The molecule has 23 heavy (non-hydrogen) atoms. The second kappa shape index (κ2) is 6.79. The van der Waals surface area contributed by atoms with Crippen molar-refractivity contribution in [2.24, 2.45) is 0 Å². The number of anilines is 1. The Morgan fingerprint density at radius 1 is 0.957 bits per heavy atom. The first-order valence-corrected chi connectivity index (χ1v) is 7.93. The molecule has 2 aromatic rings. The third-order valence-electron chi connectivity index (χ3n) is 4.29. The van der Waals surface area contributed by atoms with Gasteiger partial charge in [0.2, 0.25) is 0 Å². The molecule has 0 aliphatic heterocycles. The summed E-state index contributed by atoms with van der Waals surface area (Å²) in [5.74, 6) is -1.41. The molecule has 3 rings (SSSR count). The number of fused-ring (bicyclic) bond motifs is 1. The number of aliphatic hydroxyl groups is 1. The van der Waals surface area contributed by atoms with Crippen molar-refractivity contribution >= 4 is 28.3 Å². The van der Waals surface area contributed by atoms with Crippen molar-refractivity contribution in [1.82, 2.24) is 5.32 Å². The topological polar surface area (TPSA) is 78.4 Å². The molecule has 0 radical (unpaired) electrons. The summed E-state index contributed by atoms with van der Waals surface area (Å²) in [6, 6.07) is 12.9. The molecule has 2 amide bonds. The fourth-order valence-electron chi connectivity index (χ4n) is 3.03. The third kappa shape index (κ3) is 3.51. The van der Waals surface area contributed by atoms with E-state index in [1.807, 2.05) is 36.4 Å². The molecule has 2 aromatic carbocycles. The molecule has 2 atom stereocenters. The molecule has 1 aliphatic carbocycles. The molecule has 1 saturated carbocycles. The van der Waals surface area contributed by atoms with E-state index >= 15 is 0 Å². The van der Waals surface area contributed by atoms with E-state index in [0.29, 0.717) is 18.5 Å². The van der Waals surface area contributed by atoms with Crippen molar-refractivity contribution in [3.8, 4) is 0 Å². The summed E-state index contributed by atoms with van der Waals surface area (Å²) in [6.07, 6.45) is 2.70. The zero-order valence-electron chi connectivity index (χ0n) is 12.8. The Morgan fingerprint density at radius 3 is 2.52 bits per heavy atom. The fraction of sp³-hybridized carbons (Fsp3) is 0.333. The lowest BCUT2D eigenvalue weighted by Gasteiger charge is -2.28. The van der Waals surface area contributed by atoms with Gasteiger partial charge in [-0.2, -0.15) is 0 Å². The number of hydrogen-bond acceptors (Lipinski definition) is 3. The van der Waals surface area contributed by atoms with Gasteiger partial charge in [0.15, 0.2) is 0 Å². The summed E-state index contributed by atoms with van der Waals surface area (Å²) >= 11 is 0. The standard InChI is InChI=1S/C18H20N2O3/c21-16-11-4-3-9-15(16)20-18(23)17(22)19-14-10-5-7-12-6-1-2-8-13(12)14/h1-2,5-8,10,15-16,21H,3-4,9,11H2,(H,19,22)(H,20,23). The predicted octanol–water partition coefficient (Wildman–Crippen LogP) is 2.20. The Labute approximate surface area is 134 Å². The lowest BCUT2D eigenvalue weighted by molar-refractivity contribution is -0.137. The van der Waals surface area contributed by atoms with Gasteiger partial charge in [-0.05, 0) is 24.3 Å². The zero-order chi connectivity index (χ0) is 16.2. The summed E-state index contributed by atoms with van der Waals surface area (Å²) in [5, 5.41) is 17.1. The second-order valence-corrected chi connectivity index (χ2v) is 5.91. The van der Waals surface area contributed by atoms with Crippen molar-refractivity contribution in [3.05, 3.63) is 42.5 Å². The molecule has 0 saturated heterocycles. The molecule has 1 fully saturated rings. The minimum Gasteiger partial charge on any atom is -0.391 e. The number of rotatable bonds is 2. The number of carbonyl (C=O) groups is 2. The zero-order valence-corrected chi connectivity index (χ0v) is 12.8. The van der Waals surface area contributed by atoms with Gasteiger partial charge in [0.25, 0.3) is 0 Å². The van der Waals surface area contributed by atoms with Crippen LogP contribution in [0.1, 0.15) is 25.7 Å². The summed E-state index contributed by atoms with van der Waals surface area (Å²) in [6.45, 7) is 0. The van der Waals surface area contributed by atoms with Gasteiger partial charge in [0, 0.05) is 11.1 Å². The van der Waals surface area contributed by atoms with Crippen LogP contribution in [-0.4, -0.2) is 29.1 Å². The molecule has 2 unspecified atom stereocenters. The molecule has 0 bridgehead atoms. The van der Waals surface area contributed by atoms with Gasteiger partial charge >= 0.3 is 11.8 Å². The van der Waals surface area contributed by atoms with Crippen LogP contribution in [0, 0.1) is 0 Å². The molecule has 0 heterocycles. The first-order chi connectivity index (χ1) is 11.1. The fourth-order valence-corrected chi connectivity index (χ4v) is 3.03. The molecule has 5 nitrogen and oxygen atoms in total. The summed E-state index contributed by atoms with van der Waals surface area (Å²) in [4.78, 5) is 24.2. The third-order valence-corrected chi connectivity index (χ3v) is 4.29. The largest absolute Gasteiger partial charge is 0.391 e. The van der Waals surface area contributed by atoms with Crippen LogP contribution in [0.5, 0.6) is 0 Å². The van der Waals surface area contributed by atoms with E-state index in [-0.39, 0.29) is 6.04 Å². The minimum absolute atomic E-state index is 0.338. The van der Waals surface area contributed by atoms with Crippen LogP contribution in [0.15, 0.2) is 42.5 Å². The smallest absolute Gasteiger partial charge is 0.313 e. The highest BCUT2D eigenvalue weighted by Gasteiger charge is 2.26. The van der Waals surface area contributed by atoms with Crippen molar-refractivity contribution in [1.29, 1.82) is 0 Å². The molecule has 0 spiro atoms. The van der Waals surface area contributed by atoms with Gasteiger partial charge in [0.05, 0.1) is 12.1 Å². The van der Waals surface area contributed by atoms with Crippen LogP contribution in [0.25, 0.3) is 10.8 Å². The first kappa shape index (κ1) is 15.5. The van der Waals surface area contributed by atoms with E-state index in [1.165, 1.54) is 0 Å². The van der Waals surface area contributed by atoms with Crippen molar-refractivity contribution in [2.45, 2.75) is 37.8 Å². The number of nitrogens with one attached hydrogen (secondary N) is 2. The van der Waals surface area contributed by atoms with E-state index < -0.39 is 17.9 Å². The van der Waals surface area contributed by atoms with E-state index in [2.05, 4.69) is 10.6 Å². The van der Waals surface area contributed by atoms with Gasteiger partial charge < -0.3 is 15.7 Å². The molecule has 120 valence electrons. The number of hydrogen-bond donors (Lipinski definition) is 3. The Bertz CT molecular complexity index is 724. The van der Waals surface area contributed by atoms with Crippen molar-refractivity contribution < 1.29 is 14.7 Å². The molecule has 1 aliphatic rings. The Morgan fingerprint density at radius 2 is 1.70 bits per heavy atom. The molecular weight excluding hydrogens is 292 g/mol. The quantitative estimate of drug-likeness (QED) is 0.744. The lowest BCUT2D eigenvalue weighted by atomic mass is 9.92. The Hall–Kier alpha value is -2.40. The van der Waals surface area contributed by atoms with Gasteiger partial charge in [-0.1, -0.05) is 49.2 Å². The van der Waals surface area contributed by atoms with Crippen LogP contribution < -0.4 is 10.6 Å². The SMILES string of the molecule is O=C(Nc1cccc2ccccc12)C(=O)NC1CCCCC1O. The second-order valence-electron chi connectivity index (χ2n) is 5.91. The van der Waals surface area contributed by atoms with Crippen LogP contribution >= 0.6 is 0 Å². The maximum atomic E-state index is 12.1. The molecule has 5 heteroatoms. The highest BCUT2D eigenvalue weighted by atomic mass is 16.3. The monoisotopic (exact) mass is 312 g/mol. The van der Waals surface area contributed by atoms with Gasteiger partial charge in [-0.25, -0.2) is 0 Å². The summed E-state index contributed by atoms with van der Waals surface area (Å²) in [7, 11) is 0. The average molecular weight is 312 g/mol. The molecule has 3 N–H and O–H groups in total. The van der Waals surface area contributed by atoms with E-state index in [1.54, 1.807) is 6.07 Å². The molecular formula is C18H20N2O3. The molecule has 0 aromatic heterocycles. The van der Waals surface area contributed by atoms with Crippen molar-refractivity contribution in [2.75, 3.05) is 5.32 Å². The number of amides is 2. The summed E-state index contributed by atoms with van der Waals surface area (Å²) < 4.78 is 0. The van der Waals surface area contributed by atoms with Gasteiger partial charge in [-0.3, -0.25) is 9.59 Å². The van der Waals surface area contributed by atoms with Crippen LogP contribution in [0.4, 0.5) is 5.69 Å². The van der Waals surface area contributed by atoms with E-state index in [4.69, 9.17) is 0 Å². The van der Waals surface area contributed by atoms with Crippen LogP contribution in [0.3, 0.4) is 0 Å². The Kier molecular flexibility index (Phi) is 4.57. The first-order valence-electron chi connectivity index (χ1n) is 7.93. The number of aliphatic hydroxyl groups excluding tert-OH is 1. The number of carbonyl (C=O) groups excluding carboxylic acids is 2. The number of benzene rings is 2. The Balaban J connectivity index is 1.69. The minimum atomic E-state index is -0.709. The van der Waals surface area contributed by atoms with E-state index in [0.717, 1.165) is 23.6 Å². The van der Waals surface area contributed by atoms with Crippen molar-refractivity contribution in [3.63, 3.8) is 0 Å². The van der Waals surface area contributed by atoms with Gasteiger partial charge in [0.1, 0.15) is 0 Å².